The highest BCUT2D eigenvalue weighted by Crippen LogP contribution is 2.26. The molecule has 1 saturated heterocycles. The molecular weight excluding hydrogens is 256 g/mol. The smallest absolute Gasteiger partial charge is 0.337 e. The summed E-state index contributed by atoms with van der Waals surface area (Å²) < 4.78 is 5.32. The van der Waals surface area contributed by atoms with Crippen LogP contribution in [0.25, 0.3) is 0 Å². The van der Waals surface area contributed by atoms with Crippen LogP contribution in [0.5, 0.6) is 0 Å². The third-order valence-electron chi connectivity index (χ3n) is 3.16. The molecule has 1 aliphatic heterocycles. The Morgan fingerprint density at radius 2 is 2.50 bits per heavy atom. The van der Waals surface area contributed by atoms with Crippen LogP contribution in [0.3, 0.4) is 0 Å². The zero-order valence-electron chi connectivity index (χ0n) is 10.0. The van der Waals surface area contributed by atoms with E-state index >= 15 is 0 Å². The summed E-state index contributed by atoms with van der Waals surface area (Å²) in [5.74, 6) is -0.241. The number of nitrogens with one attached hydrogen (secondary N) is 1. The Morgan fingerprint density at radius 3 is 3.11 bits per heavy atom. The molecule has 0 amide bonds. The van der Waals surface area contributed by atoms with Gasteiger partial charge in [0.15, 0.2) is 0 Å². The summed E-state index contributed by atoms with van der Waals surface area (Å²) >= 11 is 6.02. The van der Waals surface area contributed by atoms with E-state index in [1.54, 1.807) is 0 Å². The average Bonchev–Trinajstić information content (AvgIpc) is 2.85. The van der Waals surface area contributed by atoms with E-state index in [1.807, 2.05) is 6.92 Å². The van der Waals surface area contributed by atoms with Gasteiger partial charge in [-0.25, -0.2) is 9.78 Å². The highest BCUT2D eigenvalue weighted by molar-refractivity contribution is 6.35. The van der Waals surface area contributed by atoms with Crippen molar-refractivity contribution in [3.63, 3.8) is 0 Å². The molecule has 2 N–H and O–H groups in total. The van der Waals surface area contributed by atoms with Crippen molar-refractivity contribution < 1.29 is 14.6 Å². The first-order valence-corrected chi connectivity index (χ1v) is 6.19. The van der Waals surface area contributed by atoms with E-state index in [1.165, 1.54) is 12.3 Å². The van der Waals surface area contributed by atoms with E-state index in [-0.39, 0.29) is 16.6 Å². The minimum absolute atomic E-state index is 0.0593. The Labute approximate surface area is 110 Å². The van der Waals surface area contributed by atoms with Crippen LogP contribution in [-0.4, -0.2) is 35.3 Å². The number of aromatic carboxylic acids is 1. The van der Waals surface area contributed by atoms with Gasteiger partial charge < -0.3 is 15.2 Å². The predicted octanol–water partition coefficient (Wildman–Crippen LogP) is 2.27. The summed E-state index contributed by atoms with van der Waals surface area (Å²) in [5, 5.41) is 12.3. The number of anilines is 1. The highest BCUT2D eigenvalue weighted by Gasteiger charge is 2.23. The van der Waals surface area contributed by atoms with Gasteiger partial charge in [-0.15, -0.1) is 0 Å². The molecule has 6 heteroatoms. The third kappa shape index (κ3) is 2.73. The molecular formula is C12H15ClN2O3. The van der Waals surface area contributed by atoms with E-state index in [4.69, 9.17) is 21.4 Å². The molecule has 0 bridgehead atoms. The number of aromatic nitrogens is 1. The van der Waals surface area contributed by atoms with Crippen molar-refractivity contribution in [1.29, 1.82) is 0 Å². The second kappa shape index (κ2) is 5.54. The van der Waals surface area contributed by atoms with Gasteiger partial charge in [0, 0.05) is 24.8 Å². The maximum atomic E-state index is 11.0. The van der Waals surface area contributed by atoms with E-state index in [2.05, 4.69) is 10.3 Å². The number of ether oxygens (including phenoxy) is 1. The highest BCUT2D eigenvalue weighted by atomic mass is 35.5. The third-order valence-corrected chi connectivity index (χ3v) is 3.54. The predicted molar refractivity (Wildman–Crippen MR) is 68.2 cm³/mol. The number of pyridine rings is 1. The molecule has 98 valence electrons. The second-order valence-corrected chi connectivity index (χ2v) is 4.76. The molecule has 0 aromatic carbocycles. The summed E-state index contributed by atoms with van der Waals surface area (Å²) in [6.45, 7) is 3.50. The molecule has 0 spiro atoms. The van der Waals surface area contributed by atoms with Gasteiger partial charge in [-0.05, 0) is 19.4 Å². The van der Waals surface area contributed by atoms with Crippen molar-refractivity contribution in [1.82, 2.24) is 4.98 Å². The number of rotatable bonds is 4. The average molecular weight is 271 g/mol. The van der Waals surface area contributed by atoms with Crippen molar-refractivity contribution in [3.8, 4) is 0 Å². The van der Waals surface area contributed by atoms with Crippen LogP contribution in [0.2, 0.25) is 5.02 Å². The Balaban J connectivity index is 2.13. The largest absolute Gasteiger partial charge is 0.478 e. The van der Waals surface area contributed by atoms with Crippen LogP contribution in [-0.2, 0) is 4.74 Å². The Hall–Kier alpha value is -1.33. The van der Waals surface area contributed by atoms with Crippen LogP contribution in [0.15, 0.2) is 12.3 Å². The summed E-state index contributed by atoms with van der Waals surface area (Å²) in [6.07, 6.45) is 2.43. The molecule has 1 aliphatic rings. The second-order valence-electron chi connectivity index (χ2n) is 4.38. The molecule has 0 radical (unpaired) electrons. The molecule has 5 nitrogen and oxygen atoms in total. The molecule has 0 aliphatic carbocycles. The van der Waals surface area contributed by atoms with Crippen molar-refractivity contribution >= 4 is 23.4 Å². The van der Waals surface area contributed by atoms with Crippen molar-refractivity contribution in [2.75, 3.05) is 18.5 Å². The van der Waals surface area contributed by atoms with Gasteiger partial charge in [0.2, 0.25) is 0 Å². The van der Waals surface area contributed by atoms with Crippen LogP contribution in [0.1, 0.15) is 23.7 Å². The molecule has 0 saturated carbocycles. The topological polar surface area (TPSA) is 71.5 Å². The van der Waals surface area contributed by atoms with Crippen molar-refractivity contribution in [3.05, 3.63) is 22.8 Å². The van der Waals surface area contributed by atoms with Gasteiger partial charge in [-0.2, -0.15) is 0 Å². The molecule has 18 heavy (non-hydrogen) atoms. The van der Waals surface area contributed by atoms with Crippen LogP contribution in [0.4, 0.5) is 5.82 Å². The van der Waals surface area contributed by atoms with E-state index in [0.717, 1.165) is 13.0 Å². The molecule has 2 heterocycles. The number of carboxylic acids is 1. The molecule has 1 aromatic rings. The quantitative estimate of drug-likeness (QED) is 0.878. The molecule has 2 unspecified atom stereocenters. The number of hydrogen-bond acceptors (Lipinski definition) is 4. The van der Waals surface area contributed by atoms with Gasteiger partial charge in [-0.1, -0.05) is 11.6 Å². The number of nitrogens with zero attached hydrogens (tertiary/aromatic N) is 1. The normalized spacial score (nSPS) is 20.7. The number of hydrogen-bond donors (Lipinski definition) is 2. The van der Waals surface area contributed by atoms with Crippen molar-refractivity contribution in [2.45, 2.75) is 19.4 Å². The molecule has 2 rings (SSSR count). The summed E-state index contributed by atoms with van der Waals surface area (Å²) in [6, 6.07) is 1.53. The van der Waals surface area contributed by atoms with Crippen LogP contribution in [0, 0.1) is 5.92 Å². The number of carboxylic acid groups (broad SMARTS) is 1. The molecule has 2 atom stereocenters. The van der Waals surface area contributed by atoms with Gasteiger partial charge in [0.1, 0.15) is 5.82 Å². The van der Waals surface area contributed by atoms with E-state index < -0.39 is 5.97 Å². The minimum Gasteiger partial charge on any atom is -0.478 e. The zero-order valence-corrected chi connectivity index (χ0v) is 10.8. The summed E-state index contributed by atoms with van der Waals surface area (Å²) in [5.41, 5.74) is 0.0593. The maximum Gasteiger partial charge on any atom is 0.337 e. The summed E-state index contributed by atoms with van der Waals surface area (Å²) in [4.78, 5) is 15.0. The van der Waals surface area contributed by atoms with Gasteiger partial charge in [0.05, 0.1) is 17.2 Å². The zero-order chi connectivity index (χ0) is 13.1. The fourth-order valence-electron chi connectivity index (χ4n) is 1.99. The minimum atomic E-state index is -1.05. The Kier molecular flexibility index (Phi) is 4.04. The molecule has 1 aromatic heterocycles. The van der Waals surface area contributed by atoms with Gasteiger partial charge in [-0.3, -0.25) is 0 Å². The Morgan fingerprint density at radius 1 is 1.72 bits per heavy atom. The monoisotopic (exact) mass is 270 g/mol. The fraction of sp³-hybridized carbons (Fsp3) is 0.500. The molecule has 1 fully saturated rings. The first-order valence-electron chi connectivity index (χ1n) is 5.81. The van der Waals surface area contributed by atoms with Gasteiger partial charge in [0.25, 0.3) is 0 Å². The first kappa shape index (κ1) is 13.1. The lowest BCUT2D eigenvalue weighted by atomic mass is 10.0. The number of halogens is 1. The van der Waals surface area contributed by atoms with E-state index in [0.29, 0.717) is 18.3 Å². The lowest BCUT2D eigenvalue weighted by Gasteiger charge is -2.20. The van der Waals surface area contributed by atoms with Crippen LogP contribution < -0.4 is 5.32 Å². The Bertz CT molecular complexity index is 447. The van der Waals surface area contributed by atoms with Crippen molar-refractivity contribution in [2.24, 2.45) is 5.92 Å². The summed E-state index contributed by atoms with van der Waals surface area (Å²) in [7, 11) is 0. The maximum absolute atomic E-state index is 11.0. The lowest BCUT2D eigenvalue weighted by molar-refractivity contribution is 0.0697. The van der Waals surface area contributed by atoms with Crippen LogP contribution >= 0.6 is 11.6 Å². The SMILES string of the molecule is CC(Nc1nccc(C(=O)O)c1Cl)C1CCOC1. The number of carbonyl (C=O) groups is 1. The van der Waals surface area contributed by atoms with E-state index in [9.17, 15) is 4.79 Å². The fourth-order valence-corrected chi connectivity index (χ4v) is 2.24. The first-order chi connectivity index (χ1) is 8.59. The van der Waals surface area contributed by atoms with Gasteiger partial charge >= 0.3 is 5.97 Å². The standard InChI is InChI=1S/C12H15ClN2O3/c1-7(8-3-5-18-6-8)15-11-10(13)9(12(16)17)2-4-14-11/h2,4,7-8H,3,5-6H2,1H3,(H,14,15)(H,16,17). The lowest BCUT2D eigenvalue weighted by Crippen LogP contribution is -2.27.